The molecule has 122 valence electrons. The molecule has 0 spiro atoms. The van der Waals surface area contributed by atoms with Crippen molar-refractivity contribution in [3.63, 3.8) is 0 Å². The highest BCUT2D eigenvalue weighted by molar-refractivity contribution is 5.89. The van der Waals surface area contributed by atoms with E-state index in [1.54, 1.807) is 0 Å². The Labute approximate surface area is 133 Å². The maximum Gasteiger partial charge on any atom is 0.319 e. The fourth-order valence-corrected chi connectivity index (χ4v) is 2.20. The number of anilines is 1. The predicted molar refractivity (Wildman–Crippen MR) is 84.0 cm³/mol. The van der Waals surface area contributed by atoms with E-state index in [1.165, 1.54) is 6.07 Å². The molecule has 0 aromatic heterocycles. The average molecular weight is 320 g/mol. The van der Waals surface area contributed by atoms with E-state index in [1.807, 2.05) is 30.3 Å². The topological polar surface area (TPSA) is 61.4 Å². The molecule has 1 unspecified atom stereocenters. The summed E-state index contributed by atoms with van der Waals surface area (Å²) in [6.07, 6.45) is 1.09. The van der Waals surface area contributed by atoms with Gasteiger partial charge in [0.25, 0.3) is 0 Å². The molecule has 1 atom stereocenters. The number of benzene rings is 2. The number of hydrogen-bond acceptors (Lipinski definition) is 2. The average Bonchev–Trinajstić information content (AvgIpc) is 2.55. The molecule has 2 aromatic carbocycles. The highest BCUT2D eigenvalue weighted by Crippen LogP contribution is 2.19. The summed E-state index contributed by atoms with van der Waals surface area (Å²) in [5, 5.41) is 14.2. The number of nitrogens with one attached hydrogen (secondary N) is 2. The summed E-state index contributed by atoms with van der Waals surface area (Å²) >= 11 is 0. The molecule has 0 aliphatic carbocycles. The summed E-state index contributed by atoms with van der Waals surface area (Å²) in [4.78, 5) is 12.1. The fraction of sp³-hybridized carbons (Fsp3) is 0.235. The van der Waals surface area contributed by atoms with Crippen LogP contribution in [0.3, 0.4) is 0 Å². The van der Waals surface area contributed by atoms with E-state index >= 15 is 0 Å². The van der Waals surface area contributed by atoms with Gasteiger partial charge < -0.3 is 15.7 Å². The number of halogens is 2. The van der Waals surface area contributed by atoms with Crippen molar-refractivity contribution in [3.8, 4) is 0 Å². The smallest absolute Gasteiger partial charge is 0.319 e. The number of rotatable bonds is 6. The summed E-state index contributed by atoms with van der Waals surface area (Å²) in [5.74, 6) is -2.00. The first-order valence-electron chi connectivity index (χ1n) is 7.28. The third-order valence-corrected chi connectivity index (χ3v) is 3.34. The summed E-state index contributed by atoms with van der Waals surface area (Å²) in [6, 6.07) is 11.7. The zero-order valence-corrected chi connectivity index (χ0v) is 12.4. The molecule has 0 heterocycles. The lowest BCUT2D eigenvalue weighted by molar-refractivity contribution is 0.244. The van der Waals surface area contributed by atoms with Crippen LogP contribution in [-0.4, -0.2) is 17.7 Å². The molecule has 4 nitrogen and oxygen atoms in total. The largest absolute Gasteiger partial charge is 0.396 e. The van der Waals surface area contributed by atoms with E-state index in [2.05, 4.69) is 10.6 Å². The van der Waals surface area contributed by atoms with Crippen LogP contribution in [0.15, 0.2) is 48.5 Å². The molecule has 0 bridgehead atoms. The van der Waals surface area contributed by atoms with Gasteiger partial charge >= 0.3 is 6.03 Å². The standard InChI is InChI=1S/C17H18F2N2O2/c18-14-9-8-13(11-15(14)19)20-17(23)21-16(7-4-10-22)12-5-2-1-3-6-12/h1-3,5-6,8-9,11,16,22H,4,7,10H2,(H2,20,21,23). The highest BCUT2D eigenvalue weighted by Gasteiger charge is 2.14. The van der Waals surface area contributed by atoms with Crippen LogP contribution in [0.5, 0.6) is 0 Å². The maximum absolute atomic E-state index is 13.1. The summed E-state index contributed by atoms with van der Waals surface area (Å²) in [7, 11) is 0. The number of carbonyl (C=O) groups is 1. The van der Waals surface area contributed by atoms with Gasteiger partial charge in [-0.3, -0.25) is 0 Å². The molecule has 0 aliphatic heterocycles. The second-order valence-corrected chi connectivity index (χ2v) is 5.06. The minimum absolute atomic E-state index is 0.0236. The molecular weight excluding hydrogens is 302 g/mol. The molecular formula is C17H18F2N2O2. The number of aliphatic hydroxyl groups excluding tert-OH is 1. The number of hydrogen-bond donors (Lipinski definition) is 3. The van der Waals surface area contributed by atoms with Crippen LogP contribution in [0.2, 0.25) is 0 Å². The molecule has 3 N–H and O–H groups in total. The van der Waals surface area contributed by atoms with Crippen LogP contribution in [0.4, 0.5) is 19.3 Å². The van der Waals surface area contributed by atoms with Gasteiger partial charge in [0.05, 0.1) is 6.04 Å². The molecule has 0 saturated carbocycles. The van der Waals surface area contributed by atoms with Crippen molar-refractivity contribution in [2.75, 3.05) is 11.9 Å². The Morgan fingerprint density at radius 2 is 1.83 bits per heavy atom. The van der Waals surface area contributed by atoms with E-state index < -0.39 is 17.7 Å². The van der Waals surface area contributed by atoms with Gasteiger partial charge in [-0.1, -0.05) is 30.3 Å². The van der Waals surface area contributed by atoms with Crippen LogP contribution < -0.4 is 10.6 Å². The van der Waals surface area contributed by atoms with Crippen molar-refractivity contribution in [3.05, 3.63) is 65.7 Å². The van der Waals surface area contributed by atoms with E-state index in [0.717, 1.165) is 17.7 Å². The van der Waals surface area contributed by atoms with Gasteiger partial charge in [0.15, 0.2) is 11.6 Å². The molecule has 2 aromatic rings. The van der Waals surface area contributed by atoms with Crippen LogP contribution in [0.1, 0.15) is 24.4 Å². The minimum Gasteiger partial charge on any atom is -0.396 e. The molecule has 0 saturated heterocycles. The first kappa shape index (κ1) is 16.9. The highest BCUT2D eigenvalue weighted by atomic mass is 19.2. The SMILES string of the molecule is O=C(Nc1ccc(F)c(F)c1)NC(CCCO)c1ccccc1. The molecule has 23 heavy (non-hydrogen) atoms. The van der Waals surface area contributed by atoms with Gasteiger partial charge in [-0.15, -0.1) is 0 Å². The Hall–Kier alpha value is -2.47. The van der Waals surface area contributed by atoms with Crippen molar-refractivity contribution >= 4 is 11.7 Å². The molecule has 0 radical (unpaired) electrons. The number of urea groups is 1. The number of carbonyl (C=O) groups excluding carboxylic acids is 1. The van der Waals surface area contributed by atoms with E-state index in [-0.39, 0.29) is 18.3 Å². The molecule has 2 amide bonds. The Morgan fingerprint density at radius 3 is 2.48 bits per heavy atom. The van der Waals surface area contributed by atoms with E-state index in [0.29, 0.717) is 12.8 Å². The van der Waals surface area contributed by atoms with Crippen LogP contribution >= 0.6 is 0 Å². The van der Waals surface area contributed by atoms with Gasteiger partial charge in [0.1, 0.15) is 0 Å². The normalized spacial score (nSPS) is 11.8. The number of amides is 2. The predicted octanol–water partition coefficient (Wildman–Crippen LogP) is 3.60. The summed E-state index contributed by atoms with van der Waals surface area (Å²) in [5.41, 5.74) is 1.07. The Bertz CT molecular complexity index is 650. The lowest BCUT2D eigenvalue weighted by Gasteiger charge is -2.19. The third-order valence-electron chi connectivity index (χ3n) is 3.34. The molecule has 0 fully saturated rings. The van der Waals surface area contributed by atoms with Crippen molar-refractivity contribution in [2.45, 2.75) is 18.9 Å². The Morgan fingerprint density at radius 1 is 1.09 bits per heavy atom. The van der Waals surface area contributed by atoms with E-state index in [9.17, 15) is 13.6 Å². The Balaban J connectivity index is 2.03. The second-order valence-electron chi connectivity index (χ2n) is 5.06. The van der Waals surface area contributed by atoms with Gasteiger partial charge in [-0.05, 0) is 30.5 Å². The third kappa shape index (κ3) is 5.03. The quantitative estimate of drug-likeness (QED) is 0.761. The van der Waals surface area contributed by atoms with E-state index in [4.69, 9.17) is 5.11 Å². The van der Waals surface area contributed by atoms with Crippen molar-refractivity contribution in [2.24, 2.45) is 0 Å². The van der Waals surface area contributed by atoms with Gasteiger partial charge in [-0.25, -0.2) is 13.6 Å². The zero-order chi connectivity index (χ0) is 16.7. The van der Waals surface area contributed by atoms with Gasteiger partial charge in [0.2, 0.25) is 0 Å². The summed E-state index contributed by atoms with van der Waals surface area (Å²) in [6.45, 7) is 0.0236. The minimum atomic E-state index is -1.03. The molecule has 6 heteroatoms. The maximum atomic E-state index is 13.1. The first-order valence-corrected chi connectivity index (χ1v) is 7.28. The van der Waals surface area contributed by atoms with Crippen molar-refractivity contribution in [1.29, 1.82) is 0 Å². The monoisotopic (exact) mass is 320 g/mol. The van der Waals surface area contributed by atoms with Crippen LogP contribution in [0.25, 0.3) is 0 Å². The lowest BCUT2D eigenvalue weighted by atomic mass is 10.0. The zero-order valence-electron chi connectivity index (χ0n) is 12.4. The fourth-order valence-electron chi connectivity index (χ4n) is 2.20. The molecule has 0 aliphatic rings. The van der Waals surface area contributed by atoms with Crippen molar-refractivity contribution < 1.29 is 18.7 Å². The Kier molecular flexibility index (Phi) is 6.05. The van der Waals surface area contributed by atoms with Crippen molar-refractivity contribution in [1.82, 2.24) is 5.32 Å². The van der Waals surface area contributed by atoms with Gasteiger partial charge in [-0.2, -0.15) is 0 Å². The second kappa shape index (κ2) is 8.24. The summed E-state index contributed by atoms with van der Waals surface area (Å²) < 4.78 is 26.0. The molecule has 2 rings (SSSR count). The number of aliphatic hydroxyl groups is 1. The van der Waals surface area contributed by atoms with Gasteiger partial charge in [0, 0.05) is 18.4 Å². The lowest BCUT2D eigenvalue weighted by Crippen LogP contribution is -2.32. The van der Waals surface area contributed by atoms with Crippen LogP contribution in [0, 0.1) is 11.6 Å². The first-order chi connectivity index (χ1) is 11.1. The van der Waals surface area contributed by atoms with Crippen LogP contribution in [-0.2, 0) is 0 Å².